The van der Waals surface area contributed by atoms with Crippen molar-refractivity contribution in [2.45, 2.75) is 51.1 Å². The standard InChI is InChI=1S/C13H25N3O/c1-3-4-7-12-13(17)16(10-14-12)9-11-6-5-8-15(11)2/h11-12,14H,3-10H2,1-2H3. The minimum atomic E-state index is 0.0849. The summed E-state index contributed by atoms with van der Waals surface area (Å²) in [5, 5.41) is 3.34. The van der Waals surface area contributed by atoms with Gasteiger partial charge in [-0.25, -0.2) is 0 Å². The van der Waals surface area contributed by atoms with E-state index in [4.69, 9.17) is 0 Å². The highest BCUT2D eigenvalue weighted by Gasteiger charge is 2.33. The Labute approximate surface area is 104 Å². The predicted octanol–water partition coefficient (Wildman–Crippen LogP) is 1.03. The fourth-order valence-electron chi connectivity index (χ4n) is 2.86. The van der Waals surface area contributed by atoms with Gasteiger partial charge >= 0.3 is 0 Å². The molecule has 0 radical (unpaired) electrons. The number of hydrogen-bond donors (Lipinski definition) is 1. The van der Waals surface area contributed by atoms with Crippen molar-refractivity contribution in [2.24, 2.45) is 0 Å². The van der Waals surface area contributed by atoms with Gasteiger partial charge in [0.2, 0.25) is 5.91 Å². The van der Waals surface area contributed by atoms with E-state index in [1.807, 2.05) is 4.90 Å². The van der Waals surface area contributed by atoms with Gasteiger partial charge in [-0.15, -0.1) is 0 Å². The lowest BCUT2D eigenvalue weighted by molar-refractivity contribution is -0.129. The van der Waals surface area contributed by atoms with Crippen molar-refractivity contribution in [2.75, 3.05) is 26.8 Å². The normalized spacial score (nSPS) is 30.5. The first-order chi connectivity index (χ1) is 8.22. The van der Waals surface area contributed by atoms with Crippen molar-refractivity contribution in [1.29, 1.82) is 0 Å². The zero-order chi connectivity index (χ0) is 12.3. The molecular formula is C13H25N3O. The average molecular weight is 239 g/mol. The average Bonchev–Trinajstić information content (AvgIpc) is 2.86. The second-order valence-electron chi connectivity index (χ2n) is 5.39. The topological polar surface area (TPSA) is 35.6 Å². The monoisotopic (exact) mass is 239 g/mol. The number of nitrogens with one attached hydrogen (secondary N) is 1. The molecule has 2 heterocycles. The minimum Gasteiger partial charge on any atom is -0.327 e. The van der Waals surface area contributed by atoms with Crippen LogP contribution < -0.4 is 5.32 Å². The Morgan fingerprint density at radius 3 is 2.94 bits per heavy atom. The lowest BCUT2D eigenvalue weighted by Crippen LogP contribution is -2.40. The molecule has 2 rings (SSSR count). The molecule has 98 valence electrons. The largest absolute Gasteiger partial charge is 0.327 e. The van der Waals surface area contributed by atoms with Crippen LogP contribution >= 0.6 is 0 Å². The van der Waals surface area contributed by atoms with Gasteiger partial charge in [0.1, 0.15) is 0 Å². The van der Waals surface area contributed by atoms with Gasteiger partial charge in [-0.3, -0.25) is 10.1 Å². The molecule has 0 aromatic rings. The lowest BCUT2D eigenvalue weighted by atomic mass is 10.1. The molecular weight excluding hydrogens is 214 g/mol. The summed E-state index contributed by atoms with van der Waals surface area (Å²) >= 11 is 0. The number of hydrogen-bond acceptors (Lipinski definition) is 3. The molecule has 4 heteroatoms. The Hall–Kier alpha value is -0.610. The van der Waals surface area contributed by atoms with E-state index in [9.17, 15) is 4.79 Å². The van der Waals surface area contributed by atoms with Crippen LogP contribution in [-0.2, 0) is 4.79 Å². The number of carbonyl (C=O) groups excluding carboxylic acids is 1. The van der Waals surface area contributed by atoms with Gasteiger partial charge < -0.3 is 9.80 Å². The molecule has 0 aromatic heterocycles. The maximum absolute atomic E-state index is 12.2. The summed E-state index contributed by atoms with van der Waals surface area (Å²) < 4.78 is 0. The molecule has 2 fully saturated rings. The van der Waals surface area contributed by atoms with Crippen LogP contribution in [0.15, 0.2) is 0 Å². The first kappa shape index (κ1) is 12.8. The highest BCUT2D eigenvalue weighted by Crippen LogP contribution is 2.18. The van der Waals surface area contributed by atoms with Crippen LogP contribution in [0.5, 0.6) is 0 Å². The summed E-state index contributed by atoms with van der Waals surface area (Å²) in [5.41, 5.74) is 0. The zero-order valence-electron chi connectivity index (χ0n) is 11.1. The summed E-state index contributed by atoms with van der Waals surface area (Å²) in [7, 11) is 2.17. The second-order valence-corrected chi connectivity index (χ2v) is 5.39. The summed E-state index contributed by atoms with van der Waals surface area (Å²) in [6, 6.07) is 0.660. The van der Waals surface area contributed by atoms with Crippen LogP contribution in [0, 0.1) is 0 Å². The smallest absolute Gasteiger partial charge is 0.240 e. The number of rotatable bonds is 5. The molecule has 1 amide bonds. The number of likely N-dealkylation sites (N-methyl/N-ethyl adjacent to an activating group) is 1. The summed E-state index contributed by atoms with van der Waals surface area (Å²) in [6.45, 7) is 5.01. The Morgan fingerprint density at radius 2 is 2.29 bits per heavy atom. The molecule has 0 aliphatic carbocycles. The van der Waals surface area contributed by atoms with Gasteiger partial charge in [0, 0.05) is 12.6 Å². The predicted molar refractivity (Wildman–Crippen MR) is 68.7 cm³/mol. The SMILES string of the molecule is CCCCC1NCN(CC2CCCN2C)C1=O. The molecule has 0 aromatic carbocycles. The highest BCUT2D eigenvalue weighted by molar-refractivity contribution is 5.83. The van der Waals surface area contributed by atoms with Gasteiger partial charge in [-0.2, -0.15) is 0 Å². The Morgan fingerprint density at radius 1 is 1.47 bits per heavy atom. The molecule has 4 nitrogen and oxygen atoms in total. The number of likely N-dealkylation sites (tertiary alicyclic amines) is 1. The van der Waals surface area contributed by atoms with Crippen molar-refractivity contribution in [3.63, 3.8) is 0 Å². The highest BCUT2D eigenvalue weighted by atomic mass is 16.2. The van der Waals surface area contributed by atoms with Gasteiger partial charge in [0.25, 0.3) is 0 Å². The molecule has 17 heavy (non-hydrogen) atoms. The van der Waals surface area contributed by atoms with Crippen molar-refractivity contribution in [3.05, 3.63) is 0 Å². The Bertz CT molecular complexity index is 269. The molecule has 0 spiro atoms. The van der Waals surface area contributed by atoms with Crippen molar-refractivity contribution in [3.8, 4) is 0 Å². The van der Waals surface area contributed by atoms with Crippen molar-refractivity contribution < 1.29 is 4.79 Å². The van der Waals surface area contributed by atoms with Crippen LogP contribution in [0.3, 0.4) is 0 Å². The van der Waals surface area contributed by atoms with E-state index in [-0.39, 0.29) is 6.04 Å². The van der Waals surface area contributed by atoms with E-state index in [1.54, 1.807) is 0 Å². The van der Waals surface area contributed by atoms with Crippen LogP contribution in [0.25, 0.3) is 0 Å². The van der Waals surface area contributed by atoms with Crippen LogP contribution in [-0.4, -0.2) is 54.6 Å². The van der Waals surface area contributed by atoms with E-state index >= 15 is 0 Å². The fourth-order valence-corrected chi connectivity index (χ4v) is 2.86. The van der Waals surface area contributed by atoms with Crippen molar-refractivity contribution in [1.82, 2.24) is 15.1 Å². The van der Waals surface area contributed by atoms with Crippen LogP contribution in [0.2, 0.25) is 0 Å². The van der Waals surface area contributed by atoms with E-state index < -0.39 is 0 Å². The molecule has 0 saturated carbocycles. The van der Waals surface area contributed by atoms with Gasteiger partial charge in [0.15, 0.2) is 0 Å². The van der Waals surface area contributed by atoms with Crippen LogP contribution in [0.4, 0.5) is 0 Å². The second kappa shape index (κ2) is 5.83. The molecule has 2 aliphatic rings. The molecule has 1 N–H and O–H groups in total. The third-order valence-electron chi connectivity index (χ3n) is 4.09. The van der Waals surface area contributed by atoms with Gasteiger partial charge in [-0.05, 0) is 32.9 Å². The zero-order valence-corrected chi connectivity index (χ0v) is 11.1. The minimum absolute atomic E-state index is 0.0849. The van der Waals surface area contributed by atoms with Gasteiger partial charge in [0.05, 0.1) is 12.7 Å². The molecule has 2 aliphatic heterocycles. The summed E-state index contributed by atoms with van der Waals surface area (Å²) in [4.78, 5) is 16.5. The summed E-state index contributed by atoms with van der Waals surface area (Å²) in [6.07, 6.45) is 5.81. The number of amides is 1. The first-order valence-electron chi connectivity index (χ1n) is 6.94. The maximum Gasteiger partial charge on any atom is 0.240 e. The van der Waals surface area contributed by atoms with E-state index in [2.05, 4.69) is 24.2 Å². The number of carbonyl (C=O) groups is 1. The Kier molecular flexibility index (Phi) is 4.40. The van der Waals surface area contributed by atoms with Crippen LogP contribution in [0.1, 0.15) is 39.0 Å². The summed E-state index contributed by atoms with van der Waals surface area (Å²) in [5.74, 6) is 0.318. The molecule has 2 unspecified atom stereocenters. The fraction of sp³-hybridized carbons (Fsp3) is 0.923. The molecule has 2 saturated heterocycles. The van der Waals surface area contributed by atoms with E-state index in [1.165, 1.54) is 19.4 Å². The third kappa shape index (κ3) is 2.99. The number of nitrogens with zero attached hydrogens (tertiary/aromatic N) is 2. The van der Waals surface area contributed by atoms with Gasteiger partial charge in [-0.1, -0.05) is 19.8 Å². The maximum atomic E-state index is 12.2. The first-order valence-corrected chi connectivity index (χ1v) is 6.94. The molecule has 2 atom stereocenters. The van der Waals surface area contributed by atoms with E-state index in [0.29, 0.717) is 11.9 Å². The quantitative estimate of drug-likeness (QED) is 0.778. The lowest BCUT2D eigenvalue weighted by Gasteiger charge is -2.25. The third-order valence-corrected chi connectivity index (χ3v) is 4.09. The Balaban J connectivity index is 1.80. The van der Waals surface area contributed by atoms with Crippen molar-refractivity contribution >= 4 is 5.91 Å². The van der Waals surface area contributed by atoms with E-state index in [0.717, 1.165) is 32.5 Å². The number of unbranched alkanes of at least 4 members (excludes halogenated alkanes) is 1. The molecule has 0 bridgehead atoms.